The van der Waals surface area contributed by atoms with Gasteiger partial charge in [0.25, 0.3) is 5.91 Å². The van der Waals surface area contributed by atoms with Gasteiger partial charge in [-0.2, -0.15) is 18.3 Å². The van der Waals surface area contributed by atoms with E-state index in [2.05, 4.69) is 15.4 Å². The molecule has 1 aromatic carbocycles. The number of halogens is 3. The average Bonchev–Trinajstić information content (AvgIpc) is 3.32. The molecule has 0 aliphatic carbocycles. The number of furan rings is 1. The molecule has 6 nitrogen and oxygen atoms in total. The quantitative estimate of drug-likeness (QED) is 0.532. The number of nitrogens with zero attached hydrogens (tertiary/aromatic N) is 3. The molecule has 0 aliphatic heterocycles. The number of nitrogens with one attached hydrogen (secondary N) is 1. The number of benzene rings is 1. The first-order chi connectivity index (χ1) is 13.7. The van der Waals surface area contributed by atoms with Crippen molar-refractivity contribution in [3.8, 4) is 11.5 Å². The molecular formula is C20H15F3N4O2. The first-order valence-electron chi connectivity index (χ1n) is 8.62. The number of anilines is 1. The zero-order valence-electron chi connectivity index (χ0n) is 15.4. The van der Waals surface area contributed by atoms with Crippen molar-refractivity contribution in [2.45, 2.75) is 20.0 Å². The summed E-state index contributed by atoms with van der Waals surface area (Å²) in [5.41, 5.74) is 0.922. The first-order valence-corrected chi connectivity index (χ1v) is 8.62. The van der Waals surface area contributed by atoms with E-state index < -0.39 is 17.8 Å². The molecule has 29 heavy (non-hydrogen) atoms. The molecule has 1 amide bonds. The van der Waals surface area contributed by atoms with Crippen LogP contribution >= 0.6 is 0 Å². The van der Waals surface area contributed by atoms with Gasteiger partial charge in [-0.05, 0) is 49.2 Å². The summed E-state index contributed by atoms with van der Waals surface area (Å²) >= 11 is 0. The van der Waals surface area contributed by atoms with Gasteiger partial charge in [0.2, 0.25) is 0 Å². The number of aryl methyl sites for hydroxylation is 2. The maximum Gasteiger partial charge on any atom is 0.433 e. The van der Waals surface area contributed by atoms with Crippen LogP contribution in [0.25, 0.3) is 17.1 Å². The van der Waals surface area contributed by atoms with Crippen LogP contribution in [0.5, 0.6) is 0 Å². The van der Waals surface area contributed by atoms with E-state index in [4.69, 9.17) is 4.42 Å². The number of amides is 1. The van der Waals surface area contributed by atoms with E-state index in [1.807, 2.05) is 26.0 Å². The van der Waals surface area contributed by atoms with Crippen molar-refractivity contribution >= 4 is 17.2 Å². The van der Waals surface area contributed by atoms with Crippen LogP contribution in [0.4, 0.5) is 18.9 Å². The third-order valence-corrected chi connectivity index (χ3v) is 4.42. The molecule has 4 aromatic rings. The minimum Gasteiger partial charge on any atom is -0.463 e. The Bertz CT molecular complexity index is 1210. The molecule has 0 radical (unpaired) electrons. The standard InChI is InChI=1S/C20H15F3N4O2/c1-11-5-6-12(2)14(8-11)26-19(28)13-10-24-27-17(20(21,22)23)9-15(25-18(13)27)16-4-3-7-29-16/h3-10H,1-2H3,(H,26,28). The number of alkyl halides is 3. The van der Waals surface area contributed by atoms with Crippen molar-refractivity contribution in [2.75, 3.05) is 5.32 Å². The second-order valence-electron chi connectivity index (χ2n) is 6.57. The minimum absolute atomic E-state index is 0.0453. The van der Waals surface area contributed by atoms with Crippen molar-refractivity contribution in [2.24, 2.45) is 0 Å². The van der Waals surface area contributed by atoms with Crippen LogP contribution in [-0.2, 0) is 6.18 Å². The molecule has 0 saturated heterocycles. The first kappa shape index (κ1) is 18.7. The monoisotopic (exact) mass is 400 g/mol. The molecule has 1 N–H and O–H groups in total. The maximum absolute atomic E-state index is 13.6. The van der Waals surface area contributed by atoms with E-state index in [0.29, 0.717) is 10.2 Å². The SMILES string of the molecule is Cc1ccc(C)c(NC(=O)c2cnn3c(C(F)(F)F)cc(-c4ccco4)nc23)c1. The van der Waals surface area contributed by atoms with E-state index in [1.165, 1.54) is 12.3 Å². The van der Waals surface area contributed by atoms with Crippen LogP contribution in [0, 0.1) is 13.8 Å². The summed E-state index contributed by atoms with van der Waals surface area (Å²) < 4.78 is 46.5. The average molecular weight is 400 g/mol. The van der Waals surface area contributed by atoms with Crippen molar-refractivity contribution in [1.82, 2.24) is 14.6 Å². The predicted octanol–water partition coefficient (Wildman–Crippen LogP) is 4.88. The number of rotatable bonds is 3. The molecule has 3 heterocycles. The van der Waals surface area contributed by atoms with Gasteiger partial charge < -0.3 is 9.73 Å². The lowest BCUT2D eigenvalue weighted by Gasteiger charge is -2.11. The molecule has 0 fully saturated rings. The van der Waals surface area contributed by atoms with Gasteiger partial charge in [0.05, 0.1) is 12.5 Å². The van der Waals surface area contributed by atoms with E-state index in [1.54, 1.807) is 12.1 Å². The van der Waals surface area contributed by atoms with Crippen LogP contribution in [0.15, 0.2) is 53.3 Å². The summed E-state index contributed by atoms with van der Waals surface area (Å²) in [6.07, 6.45) is -2.29. The van der Waals surface area contributed by atoms with E-state index in [9.17, 15) is 18.0 Å². The summed E-state index contributed by atoms with van der Waals surface area (Å²) in [7, 11) is 0. The van der Waals surface area contributed by atoms with Crippen molar-refractivity contribution in [3.63, 3.8) is 0 Å². The van der Waals surface area contributed by atoms with Gasteiger partial charge in [-0.1, -0.05) is 12.1 Å². The third kappa shape index (κ3) is 3.46. The predicted molar refractivity (Wildman–Crippen MR) is 99.6 cm³/mol. The Kier molecular flexibility index (Phi) is 4.37. The van der Waals surface area contributed by atoms with Gasteiger partial charge in [0.1, 0.15) is 11.3 Å². The molecule has 148 valence electrons. The lowest BCUT2D eigenvalue weighted by Crippen LogP contribution is -2.16. The van der Waals surface area contributed by atoms with Gasteiger partial charge in [-0.25, -0.2) is 9.50 Å². The summed E-state index contributed by atoms with van der Waals surface area (Å²) in [4.78, 5) is 17.0. The lowest BCUT2D eigenvalue weighted by molar-refractivity contribution is -0.142. The van der Waals surface area contributed by atoms with Gasteiger partial charge in [0, 0.05) is 5.69 Å². The zero-order valence-corrected chi connectivity index (χ0v) is 15.4. The molecule has 4 rings (SSSR count). The maximum atomic E-state index is 13.6. The Morgan fingerprint density at radius 2 is 1.97 bits per heavy atom. The van der Waals surface area contributed by atoms with Gasteiger partial charge in [-0.3, -0.25) is 4.79 Å². The fraction of sp³-hybridized carbons (Fsp3) is 0.150. The second kappa shape index (κ2) is 6.77. The molecule has 0 bridgehead atoms. The van der Waals surface area contributed by atoms with Crippen molar-refractivity contribution in [1.29, 1.82) is 0 Å². The normalized spacial score (nSPS) is 11.8. The Balaban J connectivity index is 1.84. The smallest absolute Gasteiger partial charge is 0.433 e. The number of aromatic nitrogens is 3. The summed E-state index contributed by atoms with van der Waals surface area (Å²) in [5, 5.41) is 6.47. The Morgan fingerprint density at radius 1 is 1.17 bits per heavy atom. The second-order valence-corrected chi connectivity index (χ2v) is 6.57. The number of carbonyl (C=O) groups is 1. The Morgan fingerprint density at radius 3 is 2.66 bits per heavy atom. The fourth-order valence-corrected chi connectivity index (χ4v) is 2.94. The van der Waals surface area contributed by atoms with Crippen LogP contribution < -0.4 is 5.32 Å². The summed E-state index contributed by atoms with van der Waals surface area (Å²) in [6.45, 7) is 3.69. The highest BCUT2D eigenvalue weighted by atomic mass is 19.4. The molecule has 0 saturated carbocycles. The van der Waals surface area contributed by atoms with Crippen LogP contribution in [-0.4, -0.2) is 20.5 Å². The van der Waals surface area contributed by atoms with Crippen molar-refractivity contribution in [3.05, 3.63) is 71.2 Å². The van der Waals surface area contributed by atoms with Crippen LogP contribution in [0.3, 0.4) is 0 Å². The van der Waals surface area contributed by atoms with Gasteiger partial charge in [-0.15, -0.1) is 0 Å². The topological polar surface area (TPSA) is 72.4 Å². The van der Waals surface area contributed by atoms with Crippen LogP contribution in [0.1, 0.15) is 27.2 Å². The molecular weight excluding hydrogens is 385 g/mol. The molecule has 9 heteroatoms. The molecule has 0 spiro atoms. The van der Waals surface area contributed by atoms with Gasteiger partial charge in [0.15, 0.2) is 17.1 Å². The highest BCUT2D eigenvalue weighted by Gasteiger charge is 2.36. The zero-order chi connectivity index (χ0) is 20.8. The molecule has 3 aromatic heterocycles. The minimum atomic E-state index is -4.70. The third-order valence-electron chi connectivity index (χ3n) is 4.42. The highest BCUT2D eigenvalue weighted by Crippen LogP contribution is 2.33. The van der Waals surface area contributed by atoms with E-state index >= 15 is 0 Å². The molecule has 0 atom stereocenters. The van der Waals surface area contributed by atoms with Crippen molar-refractivity contribution < 1.29 is 22.4 Å². The van der Waals surface area contributed by atoms with E-state index in [-0.39, 0.29) is 22.7 Å². The summed E-state index contributed by atoms with van der Waals surface area (Å²) in [5.74, 6) is -0.453. The highest BCUT2D eigenvalue weighted by molar-refractivity contribution is 6.08. The number of hydrogen-bond acceptors (Lipinski definition) is 4. The Hall–Kier alpha value is -3.62. The van der Waals surface area contributed by atoms with Gasteiger partial charge >= 0.3 is 6.18 Å². The lowest BCUT2D eigenvalue weighted by atomic mass is 10.1. The summed E-state index contributed by atoms with van der Waals surface area (Å²) in [6, 6.07) is 9.39. The number of fused-ring (bicyclic) bond motifs is 1. The van der Waals surface area contributed by atoms with E-state index in [0.717, 1.165) is 23.4 Å². The largest absolute Gasteiger partial charge is 0.463 e. The number of hydrogen-bond donors (Lipinski definition) is 1. The fourth-order valence-electron chi connectivity index (χ4n) is 2.94. The Labute approximate surface area is 163 Å². The molecule has 0 unspecified atom stereocenters. The number of carbonyl (C=O) groups excluding carboxylic acids is 1. The van der Waals surface area contributed by atoms with Crippen LogP contribution in [0.2, 0.25) is 0 Å². The molecule has 0 aliphatic rings.